The lowest BCUT2D eigenvalue weighted by Gasteiger charge is -2.36. The van der Waals surface area contributed by atoms with Gasteiger partial charge >= 0.3 is 0 Å². The van der Waals surface area contributed by atoms with Crippen molar-refractivity contribution in [1.29, 1.82) is 0 Å². The van der Waals surface area contributed by atoms with Gasteiger partial charge in [0.05, 0.1) is 6.10 Å². The molecule has 0 aromatic rings. The van der Waals surface area contributed by atoms with E-state index in [4.69, 9.17) is 0 Å². The summed E-state index contributed by atoms with van der Waals surface area (Å²) < 4.78 is 0. The molecule has 3 atom stereocenters. The summed E-state index contributed by atoms with van der Waals surface area (Å²) in [6, 6.07) is 0. The third-order valence-corrected chi connectivity index (χ3v) is 6.30. The second-order valence-corrected chi connectivity index (χ2v) is 8.23. The molecule has 0 aliphatic heterocycles. The molecule has 0 radical (unpaired) electrons. The molecule has 1 heteroatoms. The van der Waals surface area contributed by atoms with Gasteiger partial charge in [0, 0.05) is 0 Å². The van der Waals surface area contributed by atoms with Crippen molar-refractivity contribution in [3.63, 3.8) is 0 Å². The Kier molecular flexibility index (Phi) is 3.40. The molecular formula is C19H30O. The predicted molar refractivity (Wildman–Crippen MR) is 84.5 cm³/mol. The van der Waals surface area contributed by atoms with Crippen LogP contribution in [0.5, 0.6) is 0 Å². The summed E-state index contributed by atoms with van der Waals surface area (Å²) in [6.45, 7) is 9.38. The van der Waals surface area contributed by atoms with Crippen LogP contribution < -0.4 is 0 Å². The van der Waals surface area contributed by atoms with Crippen molar-refractivity contribution >= 4 is 0 Å². The third-order valence-electron chi connectivity index (χ3n) is 6.30. The van der Waals surface area contributed by atoms with Crippen molar-refractivity contribution < 1.29 is 5.11 Å². The predicted octanol–water partition coefficient (Wildman–Crippen LogP) is 5.01. The van der Waals surface area contributed by atoms with Gasteiger partial charge in [-0.25, -0.2) is 0 Å². The number of hydrogen-bond donors (Lipinski definition) is 1. The zero-order valence-corrected chi connectivity index (χ0v) is 13.6. The van der Waals surface area contributed by atoms with Crippen molar-refractivity contribution in [2.24, 2.45) is 16.7 Å². The molecule has 1 fully saturated rings. The van der Waals surface area contributed by atoms with Crippen molar-refractivity contribution in [2.45, 2.75) is 78.7 Å². The Morgan fingerprint density at radius 3 is 2.65 bits per heavy atom. The topological polar surface area (TPSA) is 20.2 Å². The summed E-state index contributed by atoms with van der Waals surface area (Å²) in [7, 11) is 0. The van der Waals surface area contributed by atoms with Crippen molar-refractivity contribution in [1.82, 2.24) is 0 Å². The fourth-order valence-electron chi connectivity index (χ4n) is 5.11. The standard InChI is InChI=1S/C19H30O/c1-13(2)15-8-10-19(4)11-14-7-5-6-9-18(14,3)12-16(20)17(15)19/h7,13,16,20H,5-6,8-12H2,1-4H3/t16?,18-,19+/m0/s1. The molecule has 3 rings (SSSR count). The Morgan fingerprint density at radius 2 is 1.95 bits per heavy atom. The molecule has 0 bridgehead atoms. The van der Waals surface area contributed by atoms with Gasteiger partial charge in [-0.1, -0.05) is 44.9 Å². The maximum atomic E-state index is 11.0. The van der Waals surface area contributed by atoms with Gasteiger partial charge in [-0.15, -0.1) is 0 Å². The maximum absolute atomic E-state index is 11.0. The van der Waals surface area contributed by atoms with Crippen LogP contribution in [0.15, 0.2) is 22.8 Å². The first kappa shape index (κ1) is 14.4. The Morgan fingerprint density at radius 1 is 1.20 bits per heavy atom. The molecule has 1 N–H and O–H groups in total. The van der Waals surface area contributed by atoms with E-state index in [9.17, 15) is 5.11 Å². The summed E-state index contributed by atoms with van der Waals surface area (Å²) >= 11 is 0. The smallest absolute Gasteiger partial charge is 0.0766 e. The number of hydrogen-bond acceptors (Lipinski definition) is 1. The minimum absolute atomic E-state index is 0.214. The number of fused-ring (bicyclic) bond motifs is 2. The molecule has 0 amide bonds. The van der Waals surface area contributed by atoms with Crippen LogP contribution in [0.2, 0.25) is 0 Å². The lowest BCUT2D eigenvalue weighted by Crippen LogP contribution is -2.26. The second kappa shape index (κ2) is 4.73. The molecule has 0 spiro atoms. The zero-order valence-electron chi connectivity index (χ0n) is 13.6. The number of allylic oxidation sites excluding steroid dienone is 3. The van der Waals surface area contributed by atoms with Gasteiger partial charge in [0.15, 0.2) is 0 Å². The first-order valence-corrected chi connectivity index (χ1v) is 8.47. The molecule has 0 aromatic heterocycles. The monoisotopic (exact) mass is 274 g/mol. The molecule has 3 aliphatic carbocycles. The third kappa shape index (κ3) is 2.09. The highest BCUT2D eigenvalue weighted by atomic mass is 16.3. The van der Waals surface area contributed by atoms with Crippen LogP contribution >= 0.6 is 0 Å². The minimum atomic E-state index is -0.214. The average Bonchev–Trinajstić information content (AvgIpc) is 2.66. The quantitative estimate of drug-likeness (QED) is 0.666. The fraction of sp³-hybridized carbons (Fsp3) is 0.789. The number of aliphatic hydroxyl groups is 1. The summed E-state index contributed by atoms with van der Waals surface area (Å²) in [4.78, 5) is 0. The molecule has 0 saturated heterocycles. The molecule has 3 aliphatic rings. The summed E-state index contributed by atoms with van der Waals surface area (Å²) in [5, 5.41) is 11.0. The Bertz CT molecular complexity index is 470. The van der Waals surface area contributed by atoms with E-state index in [1.165, 1.54) is 44.1 Å². The van der Waals surface area contributed by atoms with E-state index in [0.717, 1.165) is 6.42 Å². The highest BCUT2D eigenvalue weighted by Crippen LogP contribution is 2.58. The summed E-state index contributed by atoms with van der Waals surface area (Å²) in [5.74, 6) is 0.586. The first-order chi connectivity index (χ1) is 9.36. The van der Waals surface area contributed by atoms with E-state index in [-0.39, 0.29) is 16.9 Å². The van der Waals surface area contributed by atoms with Gasteiger partial charge in [0.2, 0.25) is 0 Å². The van der Waals surface area contributed by atoms with Crippen LogP contribution in [0.1, 0.15) is 72.6 Å². The SMILES string of the molecule is CC(C)C1=C2C(O)C[C@]3(C)CCCC=C3C[C@@]2(C)CC1. The van der Waals surface area contributed by atoms with Gasteiger partial charge < -0.3 is 5.11 Å². The normalized spacial score (nSPS) is 41.3. The molecule has 112 valence electrons. The van der Waals surface area contributed by atoms with Gasteiger partial charge in [-0.05, 0) is 67.3 Å². The molecule has 20 heavy (non-hydrogen) atoms. The number of rotatable bonds is 1. The highest BCUT2D eigenvalue weighted by molar-refractivity contribution is 5.38. The molecule has 1 unspecified atom stereocenters. The van der Waals surface area contributed by atoms with Gasteiger partial charge in [-0.3, -0.25) is 0 Å². The fourth-order valence-corrected chi connectivity index (χ4v) is 5.11. The van der Waals surface area contributed by atoms with Crippen molar-refractivity contribution in [3.05, 3.63) is 22.8 Å². The lowest BCUT2D eigenvalue weighted by molar-refractivity contribution is 0.139. The largest absolute Gasteiger partial charge is 0.389 e. The Hall–Kier alpha value is -0.560. The second-order valence-electron chi connectivity index (χ2n) is 8.23. The van der Waals surface area contributed by atoms with E-state index in [2.05, 4.69) is 33.8 Å². The Labute approximate surface area is 124 Å². The van der Waals surface area contributed by atoms with E-state index in [1.807, 2.05) is 0 Å². The van der Waals surface area contributed by atoms with E-state index in [1.54, 1.807) is 11.1 Å². The summed E-state index contributed by atoms with van der Waals surface area (Å²) in [6.07, 6.45) is 10.6. The van der Waals surface area contributed by atoms with E-state index in [0.29, 0.717) is 5.92 Å². The van der Waals surface area contributed by atoms with Crippen LogP contribution in [0.25, 0.3) is 0 Å². The zero-order chi connectivity index (χ0) is 14.5. The van der Waals surface area contributed by atoms with Gasteiger partial charge in [-0.2, -0.15) is 0 Å². The number of aliphatic hydroxyl groups excluding tert-OH is 1. The minimum Gasteiger partial charge on any atom is -0.389 e. The maximum Gasteiger partial charge on any atom is 0.0766 e. The summed E-state index contributed by atoms with van der Waals surface area (Å²) in [5.41, 5.74) is 5.09. The molecule has 0 aromatic carbocycles. The average molecular weight is 274 g/mol. The van der Waals surface area contributed by atoms with Crippen LogP contribution in [-0.2, 0) is 0 Å². The van der Waals surface area contributed by atoms with Crippen molar-refractivity contribution in [3.8, 4) is 0 Å². The molecule has 0 heterocycles. The van der Waals surface area contributed by atoms with Crippen LogP contribution in [0, 0.1) is 16.7 Å². The van der Waals surface area contributed by atoms with Crippen LogP contribution in [0.3, 0.4) is 0 Å². The molecular weight excluding hydrogens is 244 g/mol. The Balaban J connectivity index is 2.07. The first-order valence-electron chi connectivity index (χ1n) is 8.47. The molecule has 1 saturated carbocycles. The van der Waals surface area contributed by atoms with Gasteiger partial charge in [0.25, 0.3) is 0 Å². The van der Waals surface area contributed by atoms with Crippen LogP contribution in [0.4, 0.5) is 0 Å². The highest BCUT2D eigenvalue weighted by Gasteiger charge is 2.48. The van der Waals surface area contributed by atoms with E-state index < -0.39 is 0 Å². The van der Waals surface area contributed by atoms with Crippen molar-refractivity contribution in [2.75, 3.05) is 0 Å². The van der Waals surface area contributed by atoms with Gasteiger partial charge in [0.1, 0.15) is 0 Å². The van der Waals surface area contributed by atoms with Crippen LogP contribution in [-0.4, -0.2) is 11.2 Å². The molecule has 1 nitrogen and oxygen atoms in total. The van der Waals surface area contributed by atoms with E-state index >= 15 is 0 Å². The lowest BCUT2D eigenvalue weighted by atomic mass is 9.69.